The summed E-state index contributed by atoms with van der Waals surface area (Å²) in [4.78, 5) is 48.9. The number of esters is 2. The van der Waals surface area contributed by atoms with Crippen molar-refractivity contribution in [1.82, 2.24) is 0 Å². The number of carbonyl (C=O) groups excluding carboxylic acids is 4. The van der Waals surface area contributed by atoms with E-state index in [0.717, 1.165) is 12.8 Å². The molecule has 0 spiro atoms. The standard InChI is InChI=1S/C29H45NO10/c1-9-10-11-26(31)36-19(6)16-35-27(32)23(30)14-22-12-13-24(39-28(33)37-20(7)17(2)3)25(15-22)40-29(34)38-21(8)18(4)5/h12-13,15,17-21,23H,9-11,14,16,30H2,1-8H3/t19-,20?,21?,23-/m0/s1. The molecule has 0 aliphatic carbocycles. The molecule has 0 bridgehead atoms. The minimum Gasteiger partial charge on any atom is -0.461 e. The fraction of sp³-hybridized carbons (Fsp3) is 0.655. The van der Waals surface area contributed by atoms with E-state index in [9.17, 15) is 19.2 Å². The minimum absolute atomic E-state index is 0.0203. The smallest absolute Gasteiger partial charge is 0.461 e. The SMILES string of the molecule is CCCCC(=O)O[C@@H](C)COC(=O)[C@@H](N)Cc1ccc(OC(=O)OC(C)C(C)C)c(OC(=O)OC(C)C(C)C)c1. The van der Waals surface area contributed by atoms with Crippen molar-refractivity contribution in [1.29, 1.82) is 0 Å². The van der Waals surface area contributed by atoms with Gasteiger partial charge in [0.2, 0.25) is 0 Å². The number of benzene rings is 1. The summed E-state index contributed by atoms with van der Waals surface area (Å²) in [7, 11) is 0. The first-order valence-electron chi connectivity index (χ1n) is 13.7. The minimum atomic E-state index is -1.06. The second-order valence-corrected chi connectivity index (χ2v) is 10.5. The molecule has 0 aliphatic rings. The Morgan fingerprint density at radius 3 is 1.88 bits per heavy atom. The van der Waals surface area contributed by atoms with Crippen LogP contribution < -0.4 is 15.2 Å². The average Bonchev–Trinajstić information content (AvgIpc) is 2.87. The van der Waals surface area contributed by atoms with Crippen LogP contribution in [0.25, 0.3) is 0 Å². The molecule has 2 N–H and O–H groups in total. The first kappa shape index (κ1) is 34.7. The van der Waals surface area contributed by atoms with Gasteiger partial charge < -0.3 is 34.2 Å². The number of carbonyl (C=O) groups is 4. The molecule has 11 heteroatoms. The summed E-state index contributed by atoms with van der Waals surface area (Å²) in [6, 6.07) is 3.32. The molecule has 11 nitrogen and oxygen atoms in total. The van der Waals surface area contributed by atoms with E-state index in [1.807, 2.05) is 34.6 Å². The van der Waals surface area contributed by atoms with E-state index in [1.54, 1.807) is 26.8 Å². The van der Waals surface area contributed by atoms with E-state index in [-0.39, 0.29) is 42.3 Å². The maximum atomic E-state index is 12.4. The number of hydrogen-bond donors (Lipinski definition) is 1. The van der Waals surface area contributed by atoms with Crippen LogP contribution in [0.1, 0.15) is 80.2 Å². The van der Waals surface area contributed by atoms with E-state index in [2.05, 4.69) is 0 Å². The third-order valence-electron chi connectivity index (χ3n) is 6.12. The zero-order valence-corrected chi connectivity index (χ0v) is 24.9. The van der Waals surface area contributed by atoms with Gasteiger partial charge in [-0.05, 0) is 63.1 Å². The second-order valence-electron chi connectivity index (χ2n) is 10.5. The van der Waals surface area contributed by atoms with Gasteiger partial charge in [0.15, 0.2) is 11.5 Å². The van der Waals surface area contributed by atoms with Crippen LogP contribution in [0, 0.1) is 11.8 Å². The summed E-state index contributed by atoms with van der Waals surface area (Å²) in [6.07, 6.45) is -1.48. The lowest BCUT2D eigenvalue weighted by Gasteiger charge is -2.19. The molecule has 0 amide bonds. The van der Waals surface area contributed by atoms with Crippen LogP contribution >= 0.6 is 0 Å². The summed E-state index contributed by atoms with van der Waals surface area (Å²) >= 11 is 0. The quantitative estimate of drug-likeness (QED) is 0.166. The Labute approximate surface area is 236 Å². The summed E-state index contributed by atoms with van der Waals surface area (Å²) in [5.41, 5.74) is 6.53. The lowest BCUT2D eigenvalue weighted by atomic mass is 10.1. The Hall–Kier alpha value is -3.34. The molecule has 1 aromatic rings. The van der Waals surface area contributed by atoms with Gasteiger partial charge in [-0.1, -0.05) is 47.1 Å². The average molecular weight is 568 g/mol. The van der Waals surface area contributed by atoms with Crippen LogP contribution in [0.3, 0.4) is 0 Å². The largest absolute Gasteiger partial charge is 0.514 e. The van der Waals surface area contributed by atoms with Crippen molar-refractivity contribution in [3.05, 3.63) is 23.8 Å². The van der Waals surface area contributed by atoms with Gasteiger partial charge in [-0.15, -0.1) is 0 Å². The first-order valence-corrected chi connectivity index (χ1v) is 13.7. The van der Waals surface area contributed by atoms with Gasteiger partial charge in [-0.2, -0.15) is 0 Å². The molecule has 4 atom stereocenters. The normalized spacial score (nSPS) is 14.1. The van der Waals surface area contributed by atoms with E-state index in [0.29, 0.717) is 12.0 Å². The van der Waals surface area contributed by atoms with Crippen molar-refractivity contribution < 1.29 is 47.6 Å². The fourth-order valence-electron chi connectivity index (χ4n) is 2.93. The summed E-state index contributed by atoms with van der Waals surface area (Å²) in [5, 5.41) is 0. The Kier molecular flexibility index (Phi) is 15.1. The first-order chi connectivity index (χ1) is 18.7. The summed E-state index contributed by atoms with van der Waals surface area (Å²) in [5.74, 6) is -1.12. The van der Waals surface area contributed by atoms with E-state index >= 15 is 0 Å². The number of nitrogens with two attached hydrogens (primary N) is 1. The molecule has 0 saturated carbocycles. The van der Waals surface area contributed by atoms with Crippen molar-refractivity contribution in [2.24, 2.45) is 17.6 Å². The van der Waals surface area contributed by atoms with E-state index in [1.165, 1.54) is 12.1 Å². The topological polar surface area (TPSA) is 150 Å². The monoisotopic (exact) mass is 567 g/mol. The highest BCUT2D eigenvalue weighted by molar-refractivity contribution is 5.76. The van der Waals surface area contributed by atoms with Crippen molar-refractivity contribution >= 4 is 24.2 Å². The van der Waals surface area contributed by atoms with Crippen molar-refractivity contribution in [3.63, 3.8) is 0 Å². The highest BCUT2D eigenvalue weighted by atomic mass is 16.8. The van der Waals surface area contributed by atoms with E-state index in [4.69, 9.17) is 34.2 Å². The predicted octanol–water partition coefficient (Wildman–Crippen LogP) is 5.34. The number of unbranched alkanes of at least 4 members (excludes halogenated alkanes) is 1. The molecule has 2 unspecified atom stereocenters. The van der Waals surface area contributed by atoms with Crippen molar-refractivity contribution in [2.75, 3.05) is 6.61 Å². The van der Waals surface area contributed by atoms with Crippen LogP contribution in [0.15, 0.2) is 18.2 Å². The van der Waals surface area contributed by atoms with Gasteiger partial charge >= 0.3 is 24.2 Å². The molecular formula is C29H45NO10. The maximum Gasteiger partial charge on any atom is 0.514 e. The number of hydrogen-bond acceptors (Lipinski definition) is 11. The van der Waals surface area contributed by atoms with Gasteiger partial charge in [0.05, 0.1) is 0 Å². The number of rotatable bonds is 15. The van der Waals surface area contributed by atoms with Crippen LogP contribution in [-0.2, 0) is 35.0 Å². The van der Waals surface area contributed by atoms with Gasteiger partial charge in [0, 0.05) is 6.42 Å². The highest BCUT2D eigenvalue weighted by Gasteiger charge is 2.23. The van der Waals surface area contributed by atoms with Crippen LogP contribution in [0.4, 0.5) is 9.59 Å². The third-order valence-corrected chi connectivity index (χ3v) is 6.12. The molecule has 0 aromatic heterocycles. The highest BCUT2D eigenvalue weighted by Crippen LogP contribution is 2.30. The third kappa shape index (κ3) is 13.1. The molecule has 0 heterocycles. The predicted molar refractivity (Wildman–Crippen MR) is 147 cm³/mol. The Morgan fingerprint density at radius 1 is 0.800 bits per heavy atom. The summed E-state index contributed by atoms with van der Waals surface area (Å²) in [6.45, 7) is 14.5. The molecule has 1 rings (SSSR count). The van der Waals surface area contributed by atoms with Crippen LogP contribution in [-0.4, -0.2) is 55.2 Å². The molecule has 1 aromatic carbocycles. The van der Waals surface area contributed by atoms with Crippen LogP contribution in [0.2, 0.25) is 0 Å². The molecule has 226 valence electrons. The Morgan fingerprint density at radius 2 is 1.35 bits per heavy atom. The maximum absolute atomic E-state index is 12.4. The van der Waals surface area contributed by atoms with E-state index < -0.39 is 42.6 Å². The van der Waals surface area contributed by atoms with Gasteiger partial charge in [-0.25, -0.2) is 9.59 Å². The molecular weight excluding hydrogens is 522 g/mol. The molecule has 0 aliphatic heterocycles. The van der Waals surface area contributed by atoms with Gasteiger partial charge in [0.1, 0.15) is 31.0 Å². The molecule has 0 saturated heterocycles. The lowest BCUT2D eigenvalue weighted by molar-refractivity contribution is -0.158. The second kappa shape index (κ2) is 17.4. The summed E-state index contributed by atoms with van der Waals surface area (Å²) < 4.78 is 31.6. The molecule has 0 fully saturated rings. The van der Waals surface area contributed by atoms with Gasteiger partial charge in [-0.3, -0.25) is 9.59 Å². The Balaban J connectivity index is 2.92. The lowest BCUT2D eigenvalue weighted by Crippen LogP contribution is -2.36. The Bertz CT molecular complexity index is 978. The van der Waals surface area contributed by atoms with Gasteiger partial charge in [0.25, 0.3) is 0 Å². The molecule has 40 heavy (non-hydrogen) atoms. The number of ether oxygens (including phenoxy) is 6. The zero-order chi connectivity index (χ0) is 30.4. The fourth-order valence-corrected chi connectivity index (χ4v) is 2.93. The zero-order valence-electron chi connectivity index (χ0n) is 24.9. The van der Waals surface area contributed by atoms with Crippen LogP contribution in [0.5, 0.6) is 11.5 Å². The molecule has 0 radical (unpaired) electrons. The van der Waals surface area contributed by atoms with Crippen molar-refractivity contribution in [2.45, 2.75) is 105 Å². The van der Waals surface area contributed by atoms with Crippen molar-refractivity contribution in [3.8, 4) is 11.5 Å².